The third kappa shape index (κ3) is 3.75. The molecule has 0 aliphatic rings. The second kappa shape index (κ2) is 6.25. The quantitative estimate of drug-likeness (QED) is 0.795. The molecule has 94 valence electrons. The first-order valence-corrected chi connectivity index (χ1v) is 5.56. The molecule has 1 aromatic carbocycles. The zero-order valence-corrected chi connectivity index (χ0v) is 10.7. The zero-order valence-electron chi connectivity index (χ0n) is 10.7. The number of benzene rings is 1. The molecule has 0 saturated carbocycles. The van der Waals surface area contributed by atoms with Crippen molar-refractivity contribution in [2.75, 3.05) is 14.2 Å². The van der Waals surface area contributed by atoms with Crippen LogP contribution in [0.4, 0.5) is 0 Å². The highest BCUT2D eigenvalue weighted by molar-refractivity contribution is 5.75. The normalized spacial score (nSPS) is 13.9. The average molecular weight is 237 g/mol. The Kier molecular flexibility index (Phi) is 4.97. The maximum Gasteiger partial charge on any atom is 0.322 e. The van der Waals surface area contributed by atoms with Crippen LogP contribution in [0.5, 0.6) is 5.75 Å². The summed E-state index contributed by atoms with van der Waals surface area (Å²) in [6.07, 6.45) is 0. The molecular weight excluding hydrogens is 218 g/mol. The van der Waals surface area contributed by atoms with E-state index >= 15 is 0 Å². The van der Waals surface area contributed by atoms with Crippen molar-refractivity contribution in [2.45, 2.75) is 25.9 Å². The summed E-state index contributed by atoms with van der Waals surface area (Å²) in [5.74, 6) is 0.562. The minimum Gasteiger partial charge on any atom is -0.497 e. The van der Waals surface area contributed by atoms with Crippen LogP contribution >= 0.6 is 0 Å². The molecule has 1 aromatic rings. The Labute approximate surface area is 102 Å². The van der Waals surface area contributed by atoms with Crippen LogP contribution in [0.15, 0.2) is 24.3 Å². The van der Waals surface area contributed by atoms with Gasteiger partial charge in [0, 0.05) is 6.04 Å². The Morgan fingerprint density at radius 3 is 2.24 bits per heavy atom. The van der Waals surface area contributed by atoms with Crippen molar-refractivity contribution in [3.8, 4) is 5.75 Å². The van der Waals surface area contributed by atoms with E-state index in [0.717, 1.165) is 11.3 Å². The number of hydrogen-bond acceptors (Lipinski definition) is 4. The van der Waals surface area contributed by atoms with Crippen LogP contribution in [0.2, 0.25) is 0 Å². The molecule has 0 aromatic heterocycles. The van der Waals surface area contributed by atoms with E-state index in [1.54, 1.807) is 14.0 Å². The third-order valence-electron chi connectivity index (χ3n) is 2.67. The molecule has 0 saturated heterocycles. The van der Waals surface area contributed by atoms with Gasteiger partial charge in [-0.1, -0.05) is 12.1 Å². The van der Waals surface area contributed by atoms with Crippen molar-refractivity contribution in [1.82, 2.24) is 5.32 Å². The standard InChI is InChI=1S/C13H19NO3/c1-9(14-10(2)13(15)17-4)11-5-7-12(16-3)8-6-11/h5-10,14H,1-4H3/t9-,10?/m1/s1. The molecule has 1 unspecified atom stereocenters. The second-order valence-electron chi connectivity index (χ2n) is 3.91. The Hall–Kier alpha value is -1.55. The lowest BCUT2D eigenvalue weighted by molar-refractivity contribution is -0.142. The van der Waals surface area contributed by atoms with Gasteiger partial charge >= 0.3 is 5.97 Å². The number of carbonyl (C=O) groups is 1. The van der Waals surface area contributed by atoms with E-state index in [9.17, 15) is 4.79 Å². The monoisotopic (exact) mass is 237 g/mol. The number of ether oxygens (including phenoxy) is 2. The summed E-state index contributed by atoms with van der Waals surface area (Å²) < 4.78 is 9.75. The molecule has 1 rings (SSSR count). The fourth-order valence-electron chi connectivity index (χ4n) is 1.61. The smallest absolute Gasteiger partial charge is 0.322 e. The molecule has 0 radical (unpaired) electrons. The Bertz CT molecular complexity index is 361. The number of methoxy groups -OCH3 is 2. The minimum absolute atomic E-state index is 0.0787. The van der Waals surface area contributed by atoms with Gasteiger partial charge in [0.25, 0.3) is 0 Å². The van der Waals surface area contributed by atoms with Gasteiger partial charge in [-0.05, 0) is 31.5 Å². The lowest BCUT2D eigenvalue weighted by Gasteiger charge is -2.18. The molecule has 17 heavy (non-hydrogen) atoms. The van der Waals surface area contributed by atoms with Gasteiger partial charge < -0.3 is 9.47 Å². The van der Waals surface area contributed by atoms with Gasteiger partial charge in [-0.25, -0.2) is 0 Å². The van der Waals surface area contributed by atoms with Gasteiger partial charge in [0.15, 0.2) is 0 Å². The predicted octanol–water partition coefficient (Wildman–Crippen LogP) is 1.91. The Balaban J connectivity index is 2.62. The third-order valence-corrected chi connectivity index (χ3v) is 2.67. The van der Waals surface area contributed by atoms with E-state index in [0.29, 0.717) is 0 Å². The molecule has 0 bridgehead atoms. The summed E-state index contributed by atoms with van der Waals surface area (Å²) in [7, 11) is 3.02. The highest BCUT2D eigenvalue weighted by Crippen LogP contribution is 2.17. The van der Waals surface area contributed by atoms with Gasteiger partial charge in [0.1, 0.15) is 11.8 Å². The number of nitrogens with one attached hydrogen (secondary N) is 1. The highest BCUT2D eigenvalue weighted by atomic mass is 16.5. The van der Waals surface area contributed by atoms with Crippen molar-refractivity contribution in [1.29, 1.82) is 0 Å². The summed E-state index contributed by atoms with van der Waals surface area (Å²) in [4.78, 5) is 11.3. The zero-order chi connectivity index (χ0) is 12.8. The largest absolute Gasteiger partial charge is 0.497 e. The number of hydrogen-bond donors (Lipinski definition) is 1. The van der Waals surface area contributed by atoms with E-state index in [-0.39, 0.29) is 18.1 Å². The van der Waals surface area contributed by atoms with Gasteiger partial charge in [0.2, 0.25) is 0 Å². The van der Waals surface area contributed by atoms with Crippen molar-refractivity contribution in [2.24, 2.45) is 0 Å². The SMILES string of the molecule is COC(=O)C(C)N[C@H](C)c1ccc(OC)cc1. The first kappa shape index (κ1) is 13.5. The topological polar surface area (TPSA) is 47.6 Å². The van der Waals surface area contributed by atoms with Gasteiger partial charge in [0.05, 0.1) is 14.2 Å². The fourth-order valence-corrected chi connectivity index (χ4v) is 1.61. The molecule has 0 aliphatic heterocycles. The number of rotatable bonds is 5. The van der Waals surface area contributed by atoms with Crippen LogP contribution in [-0.2, 0) is 9.53 Å². The summed E-state index contributed by atoms with van der Waals surface area (Å²) >= 11 is 0. The molecule has 2 atom stereocenters. The van der Waals surface area contributed by atoms with E-state index < -0.39 is 0 Å². The molecule has 0 heterocycles. The lowest BCUT2D eigenvalue weighted by atomic mass is 10.1. The van der Waals surface area contributed by atoms with Crippen LogP contribution in [0.25, 0.3) is 0 Å². The van der Waals surface area contributed by atoms with Crippen LogP contribution < -0.4 is 10.1 Å². The van der Waals surface area contributed by atoms with Crippen LogP contribution in [-0.4, -0.2) is 26.2 Å². The van der Waals surface area contributed by atoms with E-state index in [1.807, 2.05) is 31.2 Å². The summed E-state index contributed by atoms with van der Waals surface area (Å²) in [5.41, 5.74) is 1.10. The van der Waals surface area contributed by atoms with E-state index in [4.69, 9.17) is 4.74 Å². The van der Waals surface area contributed by atoms with Gasteiger partial charge in [-0.15, -0.1) is 0 Å². The number of carbonyl (C=O) groups excluding carboxylic acids is 1. The van der Waals surface area contributed by atoms with E-state index in [1.165, 1.54) is 7.11 Å². The summed E-state index contributed by atoms with van der Waals surface area (Å²) in [6, 6.07) is 7.50. The molecule has 0 aliphatic carbocycles. The molecular formula is C13H19NO3. The number of esters is 1. The molecule has 4 nitrogen and oxygen atoms in total. The van der Waals surface area contributed by atoms with Crippen LogP contribution in [0.1, 0.15) is 25.5 Å². The Morgan fingerprint density at radius 1 is 1.18 bits per heavy atom. The summed E-state index contributed by atoms with van der Waals surface area (Å²) in [6.45, 7) is 3.78. The maximum absolute atomic E-state index is 11.3. The van der Waals surface area contributed by atoms with Gasteiger partial charge in [-0.3, -0.25) is 10.1 Å². The summed E-state index contributed by atoms with van der Waals surface area (Å²) in [5, 5.41) is 3.17. The highest BCUT2D eigenvalue weighted by Gasteiger charge is 2.16. The molecule has 1 N–H and O–H groups in total. The predicted molar refractivity (Wildman–Crippen MR) is 66.0 cm³/mol. The first-order valence-electron chi connectivity index (χ1n) is 5.56. The lowest BCUT2D eigenvalue weighted by Crippen LogP contribution is -2.36. The first-order chi connectivity index (χ1) is 8.08. The van der Waals surface area contributed by atoms with E-state index in [2.05, 4.69) is 10.1 Å². The van der Waals surface area contributed by atoms with Crippen molar-refractivity contribution in [3.05, 3.63) is 29.8 Å². The van der Waals surface area contributed by atoms with Gasteiger partial charge in [-0.2, -0.15) is 0 Å². The minimum atomic E-state index is -0.322. The van der Waals surface area contributed by atoms with Crippen molar-refractivity contribution < 1.29 is 14.3 Å². The molecule has 4 heteroatoms. The van der Waals surface area contributed by atoms with Crippen molar-refractivity contribution >= 4 is 5.97 Å². The second-order valence-corrected chi connectivity index (χ2v) is 3.91. The van der Waals surface area contributed by atoms with Crippen LogP contribution in [0.3, 0.4) is 0 Å². The van der Waals surface area contributed by atoms with Crippen molar-refractivity contribution in [3.63, 3.8) is 0 Å². The van der Waals surface area contributed by atoms with Crippen LogP contribution in [0, 0.1) is 0 Å². The maximum atomic E-state index is 11.3. The Morgan fingerprint density at radius 2 is 1.76 bits per heavy atom. The fraction of sp³-hybridized carbons (Fsp3) is 0.462. The molecule has 0 spiro atoms. The molecule has 0 fully saturated rings. The molecule has 0 amide bonds. The average Bonchev–Trinajstić information content (AvgIpc) is 2.37.